The molecule has 0 saturated carbocycles. The van der Waals surface area contributed by atoms with E-state index in [1.165, 1.54) is 38.4 Å². The van der Waals surface area contributed by atoms with Gasteiger partial charge in [-0.2, -0.15) is 0 Å². The molecule has 0 N–H and O–H groups in total. The molecule has 0 unspecified atom stereocenters. The number of hydrogen-bond acceptors (Lipinski definition) is 2. The molecule has 0 aliphatic heterocycles. The predicted octanol–water partition coefficient (Wildman–Crippen LogP) is 9.95. The van der Waals surface area contributed by atoms with Gasteiger partial charge in [0, 0.05) is 33.7 Å². The third kappa shape index (κ3) is 2.86. The lowest BCUT2D eigenvalue weighted by molar-refractivity contribution is 0.673. The molecule has 6 aromatic carbocycles. The third-order valence-corrected chi connectivity index (χ3v) is 8.49. The van der Waals surface area contributed by atoms with E-state index in [4.69, 9.17) is 9.40 Å². The Balaban J connectivity index is 1.23. The summed E-state index contributed by atoms with van der Waals surface area (Å²) in [4.78, 5) is 4.88. The molecule has 0 bridgehead atoms. The fourth-order valence-electron chi connectivity index (χ4n) is 6.70. The van der Waals surface area contributed by atoms with E-state index in [-0.39, 0.29) is 0 Å². The van der Waals surface area contributed by atoms with Gasteiger partial charge in [0.15, 0.2) is 0 Å². The molecule has 0 saturated heterocycles. The van der Waals surface area contributed by atoms with Crippen LogP contribution >= 0.6 is 0 Å². The summed E-state index contributed by atoms with van der Waals surface area (Å²) in [5.41, 5.74) is 12.7. The lowest BCUT2D eigenvalue weighted by Crippen LogP contribution is -2.00. The van der Waals surface area contributed by atoms with Crippen LogP contribution in [0.25, 0.3) is 82.8 Å². The molecule has 0 spiro atoms. The van der Waals surface area contributed by atoms with Crippen molar-refractivity contribution in [3.8, 4) is 39.1 Å². The summed E-state index contributed by atoms with van der Waals surface area (Å²) < 4.78 is 8.92. The monoisotopic (exact) mass is 512 g/mol. The van der Waals surface area contributed by atoms with Gasteiger partial charge >= 0.3 is 0 Å². The van der Waals surface area contributed by atoms with Crippen molar-refractivity contribution >= 4 is 43.7 Å². The van der Waals surface area contributed by atoms with Crippen LogP contribution < -0.4 is 0 Å². The Labute approximate surface area is 230 Å². The van der Waals surface area contributed by atoms with Crippen LogP contribution in [0.3, 0.4) is 0 Å². The molecule has 0 fully saturated rings. The summed E-state index contributed by atoms with van der Waals surface area (Å²) >= 11 is 0. The van der Waals surface area contributed by atoms with Crippen molar-refractivity contribution in [2.45, 2.75) is 13.3 Å². The van der Waals surface area contributed by atoms with Crippen LogP contribution in [0.2, 0.25) is 0 Å². The number of aryl methyl sites for hydroxylation is 1. The number of hydrogen-bond donors (Lipinski definition) is 0. The number of rotatable bonds is 3. The average Bonchev–Trinajstić information content (AvgIpc) is 3.68. The van der Waals surface area contributed by atoms with E-state index in [9.17, 15) is 0 Å². The summed E-state index contributed by atoms with van der Waals surface area (Å²) in [6, 6.07) is 41.3. The Kier molecular flexibility index (Phi) is 4.31. The van der Waals surface area contributed by atoms with Crippen molar-refractivity contribution < 1.29 is 4.42 Å². The second-order valence-electron chi connectivity index (χ2n) is 10.6. The van der Waals surface area contributed by atoms with Crippen molar-refractivity contribution in [1.29, 1.82) is 0 Å². The number of imidazole rings is 1. The van der Waals surface area contributed by atoms with Gasteiger partial charge in [-0.05, 0) is 75.8 Å². The van der Waals surface area contributed by atoms with Gasteiger partial charge in [-0.1, -0.05) is 79.7 Å². The van der Waals surface area contributed by atoms with Crippen LogP contribution in [-0.2, 0) is 6.42 Å². The molecular weight excluding hydrogens is 488 g/mol. The maximum Gasteiger partial charge on any atom is 0.143 e. The van der Waals surface area contributed by atoms with Crippen molar-refractivity contribution in [2.75, 3.05) is 0 Å². The maximum atomic E-state index is 6.65. The van der Waals surface area contributed by atoms with Gasteiger partial charge in [-0.15, -0.1) is 0 Å². The van der Waals surface area contributed by atoms with E-state index < -0.39 is 0 Å². The number of fused-ring (bicyclic) bond motifs is 8. The van der Waals surface area contributed by atoms with Crippen molar-refractivity contribution in [2.24, 2.45) is 0 Å². The molecule has 2 heterocycles. The van der Waals surface area contributed by atoms with Gasteiger partial charge in [-0.25, -0.2) is 4.98 Å². The first-order valence-electron chi connectivity index (χ1n) is 13.9. The van der Waals surface area contributed by atoms with E-state index in [0.29, 0.717) is 0 Å². The molecule has 188 valence electrons. The van der Waals surface area contributed by atoms with Crippen LogP contribution in [0, 0.1) is 0 Å². The first-order chi connectivity index (χ1) is 19.8. The number of nitrogens with zero attached hydrogens (tertiary/aromatic N) is 2. The van der Waals surface area contributed by atoms with Gasteiger partial charge in [0.1, 0.15) is 17.0 Å². The van der Waals surface area contributed by atoms with Gasteiger partial charge in [-0.3, -0.25) is 4.57 Å². The van der Waals surface area contributed by atoms with Crippen LogP contribution in [0.4, 0.5) is 0 Å². The molecule has 8 aromatic rings. The van der Waals surface area contributed by atoms with E-state index in [2.05, 4.69) is 121 Å². The SMILES string of the molecule is CCc1nc2ccccc2n1-c1cccc(-c2ccc3c(c2)oc2c4cccc5c4c(cc32)-c2ccccc2-5)c1. The molecule has 2 aromatic heterocycles. The highest BCUT2D eigenvalue weighted by molar-refractivity contribution is 6.25. The second kappa shape index (κ2) is 7.93. The van der Waals surface area contributed by atoms with Crippen molar-refractivity contribution in [3.63, 3.8) is 0 Å². The van der Waals surface area contributed by atoms with E-state index in [0.717, 1.165) is 56.6 Å². The minimum absolute atomic E-state index is 0.867. The number of para-hydroxylation sites is 2. The summed E-state index contributed by atoms with van der Waals surface area (Å²) in [6.07, 6.45) is 0.867. The van der Waals surface area contributed by atoms with Crippen molar-refractivity contribution in [3.05, 3.63) is 121 Å². The lowest BCUT2D eigenvalue weighted by Gasteiger charge is -2.10. The molecule has 1 aliphatic rings. The zero-order chi connectivity index (χ0) is 26.4. The molecule has 40 heavy (non-hydrogen) atoms. The maximum absolute atomic E-state index is 6.65. The predicted molar refractivity (Wildman–Crippen MR) is 165 cm³/mol. The van der Waals surface area contributed by atoms with Crippen LogP contribution in [0.1, 0.15) is 12.7 Å². The first kappa shape index (κ1) is 21.7. The molecular formula is C37H24N2O. The highest BCUT2D eigenvalue weighted by Gasteiger charge is 2.24. The summed E-state index contributed by atoms with van der Waals surface area (Å²) in [5.74, 6) is 1.07. The highest BCUT2D eigenvalue weighted by atomic mass is 16.3. The summed E-state index contributed by atoms with van der Waals surface area (Å²) in [7, 11) is 0. The number of aromatic nitrogens is 2. The molecule has 1 aliphatic carbocycles. The summed E-state index contributed by atoms with van der Waals surface area (Å²) in [6.45, 7) is 2.16. The smallest absolute Gasteiger partial charge is 0.143 e. The Hall–Kier alpha value is -5.15. The quantitative estimate of drug-likeness (QED) is 0.236. The molecule has 3 nitrogen and oxygen atoms in total. The Bertz CT molecular complexity index is 2320. The number of furan rings is 1. The molecule has 9 rings (SSSR count). The molecule has 0 amide bonds. The minimum atomic E-state index is 0.867. The van der Waals surface area contributed by atoms with Crippen LogP contribution in [0.5, 0.6) is 0 Å². The highest BCUT2D eigenvalue weighted by Crippen LogP contribution is 2.50. The largest absolute Gasteiger partial charge is 0.455 e. The molecule has 3 heteroatoms. The first-order valence-corrected chi connectivity index (χ1v) is 13.9. The van der Waals surface area contributed by atoms with Gasteiger partial charge < -0.3 is 4.42 Å². The van der Waals surface area contributed by atoms with Gasteiger partial charge in [0.05, 0.1) is 11.0 Å². The zero-order valence-electron chi connectivity index (χ0n) is 22.0. The second-order valence-corrected chi connectivity index (χ2v) is 10.6. The van der Waals surface area contributed by atoms with Crippen LogP contribution in [0.15, 0.2) is 120 Å². The summed E-state index contributed by atoms with van der Waals surface area (Å²) in [5, 5.41) is 4.79. The fraction of sp³-hybridized carbons (Fsp3) is 0.0541. The van der Waals surface area contributed by atoms with Gasteiger partial charge in [0.2, 0.25) is 0 Å². The average molecular weight is 513 g/mol. The Morgan fingerprint density at radius 1 is 0.625 bits per heavy atom. The van der Waals surface area contributed by atoms with Crippen molar-refractivity contribution in [1.82, 2.24) is 9.55 Å². The minimum Gasteiger partial charge on any atom is -0.455 e. The van der Waals surface area contributed by atoms with Gasteiger partial charge in [0.25, 0.3) is 0 Å². The number of benzene rings is 6. The Morgan fingerprint density at radius 2 is 1.40 bits per heavy atom. The van der Waals surface area contributed by atoms with E-state index in [1.807, 2.05) is 6.07 Å². The zero-order valence-corrected chi connectivity index (χ0v) is 22.0. The Morgan fingerprint density at radius 3 is 2.30 bits per heavy atom. The lowest BCUT2D eigenvalue weighted by atomic mass is 9.98. The van der Waals surface area contributed by atoms with Crippen LogP contribution in [-0.4, -0.2) is 9.55 Å². The molecule has 0 radical (unpaired) electrons. The standard InChI is InChI=1S/C37H24N2O/c1-2-35-38-32-15-5-6-16-33(32)39(35)24-10-7-9-22(19-24)23-17-18-27-31-21-30-26-12-4-3-11-25(26)28-13-8-14-29(36(28)30)37(31)40-34(27)20-23/h3-21H,2H2,1H3. The molecule has 0 atom stereocenters. The fourth-order valence-corrected chi connectivity index (χ4v) is 6.70. The topological polar surface area (TPSA) is 31.0 Å². The normalized spacial score (nSPS) is 12.2. The third-order valence-electron chi connectivity index (χ3n) is 8.49. The van der Waals surface area contributed by atoms with E-state index in [1.54, 1.807) is 0 Å². The van der Waals surface area contributed by atoms with E-state index >= 15 is 0 Å².